The van der Waals surface area contributed by atoms with Gasteiger partial charge in [0.25, 0.3) is 0 Å². The Bertz CT molecular complexity index is 1210. The van der Waals surface area contributed by atoms with Gasteiger partial charge < -0.3 is 38.4 Å². The van der Waals surface area contributed by atoms with Crippen LogP contribution in [0.4, 0.5) is 0 Å². The molecule has 35 heavy (non-hydrogen) atoms. The van der Waals surface area contributed by atoms with Crippen molar-refractivity contribution in [3.05, 3.63) is 47.7 Å². The van der Waals surface area contributed by atoms with Gasteiger partial charge in [0.05, 0.1) is 33.6 Å². The summed E-state index contributed by atoms with van der Waals surface area (Å²) in [6, 6.07) is 11.5. The summed E-state index contributed by atoms with van der Waals surface area (Å²) in [7, 11) is 4.83. The Morgan fingerprint density at radius 3 is 2.57 bits per heavy atom. The zero-order valence-electron chi connectivity index (χ0n) is 19.8. The third kappa shape index (κ3) is 4.83. The van der Waals surface area contributed by atoms with Crippen molar-refractivity contribution in [2.75, 3.05) is 34.7 Å². The van der Waals surface area contributed by atoms with Crippen LogP contribution in [0.15, 0.2) is 46.1 Å². The smallest absolute Gasteiger partial charge is 0.231 e. The fraction of sp³-hybridized carbons (Fsp3) is 0.360. The van der Waals surface area contributed by atoms with Gasteiger partial charge in [-0.2, -0.15) is 0 Å². The van der Waals surface area contributed by atoms with Gasteiger partial charge in [-0.25, -0.2) is 0 Å². The molecule has 0 amide bonds. The minimum atomic E-state index is -0.113. The zero-order chi connectivity index (χ0) is 24.2. The maximum absolute atomic E-state index is 5.68. The fourth-order valence-electron chi connectivity index (χ4n) is 4.18. The van der Waals surface area contributed by atoms with E-state index in [1.54, 1.807) is 21.3 Å². The van der Waals surface area contributed by atoms with Gasteiger partial charge >= 0.3 is 0 Å². The van der Waals surface area contributed by atoms with E-state index in [9.17, 15) is 0 Å². The van der Waals surface area contributed by atoms with Crippen molar-refractivity contribution in [3.63, 3.8) is 0 Å². The molecule has 3 heterocycles. The number of nitrogens with one attached hydrogen (secondary N) is 1. The normalized spacial score (nSPS) is 16.1. The van der Waals surface area contributed by atoms with E-state index in [0.717, 1.165) is 34.0 Å². The first-order valence-electron chi connectivity index (χ1n) is 11.2. The lowest BCUT2D eigenvalue weighted by molar-refractivity contribution is 0.0853. The molecular weight excluding hydrogens is 454 g/mol. The Morgan fingerprint density at radius 1 is 0.971 bits per heavy atom. The number of aromatic nitrogens is 1. The summed E-state index contributed by atoms with van der Waals surface area (Å²) in [5.41, 5.74) is 3.58. The third-order valence-corrected chi connectivity index (χ3v) is 5.87. The van der Waals surface area contributed by atoms with Crippen LogP contribution in [0.3, 0.4) is 0 Å². The summed E-state index contributed by atoms with van der Waals surface area (Å²) < 4.78 is 32.8. The van der Waals surface area contributed by atoms with E-state index in [1.165, 1.54) is 0 Å². The molecule has 0 radical (unpaired) electrons. The van der Waals surface area contributed by atoms with Crippen LogP contribution in [0.5, 0.6) is 28.7 Å². The minimum Gasteiger partial charge on any atom is -0.497 e. The Hall–Kier alpha value is -3.92. The van der Waals surface area contributed by atoms with Crippen molar-refractivity contribution in [2.45, 2.75) is 25.5 Å². The fourth-order valence-corrected chi connectivity index (χ4v) is 4.18. The highest BCUT2D eigenvalue weighted by Gasteiger charge is 2.29. The van der Waals surface area contributed by atoms with E-state index in [-0.39, 0.29) is 12.9 Å². The second kappa shape index (κ2) is 10.1. The van der Waals surface area contributed by atoms with Crippen molar-refractivity contribution < 1.29 is 33.0 Å². The predicted octanol–water partition coefficient (Wildman–Crippen LogP) is 3.57. The van der Waals surface area contributed by atoms with Crippen LogP contribution < -0.4 is 29.0 Å². The largest absolute Gasteiger partial charge is 0.497 e. The number of fused-ring (bicyclic) bond motifs is 1. The van der Waals surface area contributed by atoms with Crippen molar-refractivity contribution in [1.29, 1.82) is 0 Å². The lowest BCUT2D eigenvalue weighted by Gasteiger charge is -2.16. The SMILES string of the molecule is COc1ccc(-c2cc(CNCC3=NOC(Cc4cc5c(c(OC)c4OC)OCO5)C3)on2)cc1. The highest BCUT2D eigenvalue weighted by atomic mass is 16.7. The second-order valence-corrected chi connectivity index (χ2v) is 8.14. The van der Waals surface area contributed by atoms with Crippen molar-refractivity contribution in [3.8, 4) is 40.0 Å². The van der Waals surface area contributed by atoms with E-state index >= 15 is 0 Å². The average molecular weight is 482 g/mol. The van der Waals surface area contributed by atoms with E-state index in [2.05, 4.69) is 15.6 Å². The predicted molar refractivity (Wildman–Crippen MR) is 126 cm³/mol. The number of benzene rings is 2. The van der Waals surface area contributed by atoms with Gasteiger partial charge in [-0.3, -0.25) is 0 Å². The summed E-state index contributed by atoms with van der Waals surface area (Å²) in [6.07, 6.45) is 1.18. The number of hydrogen-bond acceptors (Lipinski definition) is 10. The summed E-state index contributed by atoms with van der Waals surface area (Å²) in [5, 5.41) is 11.7. The quantitative estimate of drug-likeness (QED) is 0.465. The Kier molecular flexibility index (Phi) is 6.62. The summed E-state index contributed by atoms with van der Waals surface area (Å²) >= 11 is 0. The molecule has 2 aliphatic rings. The number of methoxy groups -OCH3 is 3. The van der Waals surface area contributed by atoms with Crippen LogP contribution in [0.25, 0.3) is 11.3 Å². The Balaban J connectivity index is 1.13. The first-order valence-corrected chi connectivity index (χ1v) is 11.2. The molecule has 184 valence electrons. The molecule has 0 fully saturated rings. The lowest BCUT2D eigenvalue weighted by atomic mass is 10.0. The van der Waals surface area contributed by atoms with Crippen LogP contribution in [0, 0.1) is 0 Å². The molecule has 0 bridgehead atoms. The van der Waals surface area contributed by atoms with Crippen LogP contribution in [-0.4, -0.2) is 51.6 Å². The molecule has 2 aliphatic heterocycles. The molecule has 3 aromatic rings. The van der Waals surface area contributed by atoms with Crippen LogP contribution in [-0.2, 0) is 17.8 Å². The highest BCUT2D eigenvalue weighted by molar-refractivity contribution is 5.87. The van der Waals surface area contributed by atoms with Crippen molar-refractivity contribution >= 4 is 5.71 Å². The van der Waals surface area contributed by atoms with E-state index < -0.39 is 0 Å². The van der Waals surface area contributed by atoms with Crippen LogP contribution in [0.1, 0.15) is 17.7 Å². The Labute approximate surface area is 202 Å². The zero-order valence-corrected chi connectivity index (χ0v) is 19.8. The number of nitrogens with zero attached hydrogens (tertiary/aromatic N) is 2. The van der Waals surface area contributed by atoms with Gasteiger partial charge in [-0.15, -0.1) is 0 Å². The summed E-state index contributed by atoms with van der Waals surface area (Å²) in [6.45, 7) is 1.26. The third-order valence-electron chi connectivity index (χ3n) is 5.87. The molecule has 5 rings (SSSR count). The Morgan fingerprint density at radius 2 is 1.80 bits per heavy atom. The molecule has 1 unspecified atom stereocenters. The number of rotatable bonds is 10. The maximum Gasteiger partial charge on any atom is 0.231 e. The van der Waals surface area contributed by atoms with E-state index in [1.807, 2.05) is 36.4 Å². The van der Waals surface area contributed by atoms with Gasteiger partial charge in [0.2, 0.25) is 18.3 Å². The number of ether oxygens (including phenoxy) is 5. The standard InChI is InChI=1S/C25H27N3O7/c1-29-18-6-4-15(5-7-18)21-11-20(35-28-21)13-26-12-17-10-19(34-27-17)8-16-9-22-24(33-14-32-22)25(31-3)23(16)30-2/h4-7,9,11,19,26H,8,10,12-14H2,1-3H3. The molecule has 10 heteroatoms. The first kappa shape index (κ1) is 22.9. The molecule has 0 spiro atoms. The maximum atomic E-state index is 5.68. The molecule has 1 N–H and O–H groups in total. The van der Waals surface area contributed by atoms with Gasteiger partial charge in [0.15, 0.2) is 17.3 Å². The molecule has 1 atom stereocenters. The van der Waals surface area contributed by atoms with E-state index in [0.29, 0.717) is 48.9 Å². The summed E-state index contributed by atoms with van der Waals surface area (Å²) in [5.74, 6) is 3.88. The second-order valence-electron chi connectivity index (χ2n) is 8.14. The van der Waals surface area contributed by atoms with Crippen molar-refractivity contribution in [2.24, 2.45) is 5.16 Å². The number of oxime groups is 1. The lowest BCUT2D eigenvalue weighted by Crippen LogP contribution is -2.23. The molecule has 0 aliphatic carbocycles. The molecule has 0 saturated heterocycles. The molecule has 2 aromatic carbocycles. The topological polar surface area (TPSA) is 106 Å². The van der Waals surface area contributed by atoms with Gasteiger partial charge in [-0.05, 0) is 30.3 Å². The van der Waals surface area contributed by atoms with Gasteiger partial charge in [-0.1, -0.05) is 10.3 Å². The minimum absolute atomic E-state index is 0.113. The van der Waals surface area contributed by atoms with Crippen LogP contribution >= 0.6 is 0 Å². The van der Waals surface area contributed by atoms with Gasteiger partial charge in [0, 0.05) is 36.6 Å². The van der Waals surface area contributed by atoms with Crippen molar-refractivity contribution in [1.82, 2.24) is 10.5 Å². The molecule has 1 aromatic heterocycles. The monoisotopic (exact) mass is 481 g/mol. The van der Waals surface area contributed by atoms with Crippen LogP contribution in [0.2, 0.25) is 0 Å². The summed E-state index contributed by atoms with van der Waals surface area (Å²) in [4.78, 5) is 5.68. The average Bonchev–Trinajstić information content (AvgIpc) is 3.65. The van der Waals surface area contributed by atoms with Gasteiger partial charge in [0.1, 0.15) is 17.5 Å². The number of hydrogen-bond donors (Lipinski definition) is 1. The molecule has 0 saturated carbocycles. The molecular formula is C25H27N3O7. The first-order chi connectivity index (χ1) is 17.2. The highest BCUT2D eigenvalue weighted by Crippen LogP contribution is 2.49. The molecule has 10 nitrogen and oxygen atoms in total. The van der Waals surface area contributed by atoms with E-state index in [4.69, 9.17) is 33.0 Å².